The molecule has 0 atom stereocenters. The Morgan fingerprint density at radius 2 is 2.18 bits per heavy atom. The second-order valence-corrected chi connectivity index (χ2v) is 2.12. The van der Waals surface area contributed by atoms with Crippen molar-refractivity contribution < 1.29 is 14.3 Å². The van der Waals surface area contributed by atoms with Crippen LogP contribution in [0.5, 0.6) is 0 Å². The van der Waals surface area contributed by atoms with Crippen LogP contribution >= 0.6 is 11.6 Å². The van der Waals surface area contributed by atoms with E-state index >= 15 is 0 Å². The maximum absolute atomic E-state index is 10.6. The van der Waals surface area contributed by atoms with Crippen LogP contribution in [0.3, 0.4) is 0 Å². The lowest BCUT2D eigenvalue weighted by atomic mass is 10.3. The molecule has 0 saturated heterocycles. The van der Waals surface area contributed by atoms with E-state index in [9.17, 15) is 9.59 Å². The fourth-order valence-electron chi connectivity index (χ4n) is 0.476. The molecule has 0 spiro atoms. The number of carbonyl (C=O) groups excluding carboxylic acids is 2. The van der Waals surface area contributed by atoms with Crippen molar-refractivity contribution in [2.45, 2.75) is 19.8 Å². The lowest BCUT2D eigenvalue weighted by molar-refractivity contribution is -0.157. The van der Waals surface area contributed by atoms with Crippen molar-refractivity contribution >= 4 is 23.5 Å². The number of rotatable bonds is 3. The van der Waals surface area contributed by atoms with E-state index < -0.39 is 11.9 Å². The number of halogens is 1. The molecule has 0 aromatic carbocycles. The van der Waals surface area contributed by atoms with Gasteiger partial charge in [0.1, 0.15) is 0 Å². The van der Waals surface area contributed by atoms with Gasteiger partial charge in [-0.05, 0) is 6.42 Å². The summed E-state index contributed by atoms with van der Waals surface area (Å²) in [6, 6.07) is 0. The molecule has 0 fully saturated rings. The highest BCUT2D eigenvalue weighted by molar-refractivity contribution is 6.25. The molecule has 0 N–H and O–H groups in total. The zero-order chi connectivity index (χ0) is 8.69. The molecule has 0 saturated carbocycles. The number of carbonyl (C=O) groups is 2. The van der Waals surface area contributed by atoms with E-state index in [-0.39, 0.29) is 6.42 Å². The van der Waals surface area contributed by atoms with Gasteiger partial charge in [-0.25, -0.2) is 0 Å². The Kier molecular flexibility index (Phi) is 5.47. The summed E-state index contributed by atoms with van der Waals surface area (Å²) in [4.78, 5) is 20.8. The molecule has 0 unspecified atom stereocenters. The predicted molar refractivity (Wildman–Crippen MR) is 41.0 cm³/mol. The van der Waals surface area contributed by atoms with Crippen LogP contribution in [0.15, 0.2) is 11.6 Å². The first-order chi connectivity index (χ1) is 5.16. The van der Waals surface area contributed by atoms with E-state index in [0.29, 0.717) is 6.42 Å². The highest BCUT2D eigenvalue weighted by atomic mass is 35.5. The SMILES string of the molecule is CC(=O)OC(=O)CCC=CCl. The zero-order valence-corrected chi connectivity index (χ0v) is 6.93. The minimum absolute atomic E-state index is 0.183. The largest absolute Gasteiger partial charge is 0.393 e. The molecule has 0 amide bonds. The number of hydrogen-bond donors (Lipinski definition) is 0. The van der Waals surface area contributed by atoms with Crippen molar-refractivity contribution in [3.63, 3.8) is 0 Å². The molecule has 0 aliphatic rings. The average molecular weight is 177 g/mol. The van der Waals surface area contributed by atoms with E-state index in [1.807, 2.05) is 0 Å². The maximum Gasteiger partial charge on any atom is 0.313 e. The van der Waals surface area contributed by atoms with Gasteiger partial charge in [0.2, 0.25) is 0 Å². The fourth-order valence-corrected chi connectivity index (χ4v) is 0.602. The summed E-state index contributed by atoms with van der Waals surface area (Å²) in [6.07, 6.45) is 2.29. The first-order valence-corrected chi connectivity index (χ1v) is 3.57. The number of ether oxygens (including phenoxy) is 1. The van der Waals surface area contributed by atoms with Crippen molar-refractivity contribution in [1.82, 2.24) is 0 Å². The van der Waals surface area contributed by atoms with Gasteiger partial charge in [-0.1, -0.05) is 17.7 Å². The molecule has 0 heterocycles. The number of esters is 2. The van der Waals surface area contributed by atoms with Gasteiger partial charge < -0.3 is 4.74 Å². The zero-order valence-electron chi connectivity index (χ0n) is 6.17. The third-order valence-corrected chi connectivity index (χ3v) is 1.04. The molecule has 0 aliphatic carbocycles. The monoisotopic (exact) mass is 176 g/mol. The summed E-state index contributed by atoms with van der Waals surface area (Å²) in [5, 5.41) is 0. The van der Waals surface area contributed by atoms with Gasteiger partial charge in [-0.2, -0.15) is 0 Å². The van der Waals surface area contributed by atoms with E-state index in [1.165, 1.54) is 12.5 Å². The first kappa shape index (κ1) is 10.2. The highest BCUT2D eigenvalue weighted by Crippen LogP contribution is 1.95. The topological polar surface area (TPSA) is 43.4 Å². The fraction of sp³-hybridized carbons (Fsp3) is 0.429. The third-order valence-electron chi connectivity index (χ3n) is 0.862. The minimum atomic E-state index is -0.579. The summed E-state index contributed by atoms with van der Waals surface area (Å²) in [5.41, 5.74) is 1.32. The van der Waals surface area contributed by atoms with Crippen LogP contribution in [0, 0.1) is 0 Å². The molecule has 0 bridgehead atoms. The number of hydrogen-bond acceptors (Lipinski definition) is 3. The van der Waals surface area contributed by atoms with Crippen LogP contribution in [-0.4, -0.2) is 11.9 Å². The Hall–Kier alpha value is -0.830. The second-order valence-electron chi connectivity index (χ2n) is 1.87. The Labute approximate surface area is 70.0 Å². The summed E-state index contributed by atoms with van der Waals surface area (Å²) in [5.74, 6) is -1.10. The molecule has 0 aromatic heterocycles. The molecular formula is C7H9ClO3. The van der Waals surface area contributed by atoms with E-state index in [4.69, 9.17) is 11.6 Å². The Bertz CT molecular complexity index is 175. The Morgan fingerprint density at radius 1 is 1.55 bits per heavy atom. The van der Waals surface area contributed by atoms with Gasteiger partial charge in [0.15, 0.2) is 0 Å². The van der Waals surface area contributed by atoms with Crippen LogP contribution < -0.4 is 0 Å². The van der Waals surface area contributed by atoms with Gasteiger partial charge in [-0.15, -0.1) is 0 Å². The Morgan fingerprint density at radius 3 is 2.64 bits per heavy atom. The second kappa shape index (κ2) is 5.92. The van der Waals surface area contributed by atoms with E-state index in [0.717, 1.165) is 0 Å². The van der Waals surface area contributed by atoms with Crippen LogP contribution in [0.1, 0.15) is 19.8 Å². The molecule has 0 rings (SSSR count). The van der Waals surface area contributed by atoms with Gasteiger partial charge in [-0.3, -0.25) is 9.59 Å². The lowest BCUT2D eigenvalue weighted by Gasteiger charge is -1.95. The normalized spacial score (nSPS) is 10.0. The first-order valence-electron chi connectivity index (χ1n) is 3.13. The van der Waals surface area contributed by atoms with Gasteiger partial charge in [0.25, 0.3) is 0 Å². The summed E-state index contributed by atoms with van der Waals surface area (Å²) < 4.78 is 4.24. The third kappa shape index (κ3) is 7.06. The number of allylic oxidation sites excluding steroid dienone is 1. The van der Waals surface area contributed by atoms with Crippen LogP contribution in [-0.2, 0) is 14.3 Å². The lowest BCUT2D eigenvalue weighted by Crippen LogP contribution is -2.07. The molecule has 0 radical (unpaired) electrons. The van der Waals surface area contributed by atoms with E-state index in [2.05, 4.69) is 4.74 Å². The minimum Gasteiger partial charge on any atom is -0.393 e. The van der Waals surface area contributed by atoms with Crippen LogP contribution in [0.25, 0.3) is 0 Å². The van der Waals surface area contributed by atoms with Gasteiger partial charge >= 0.3 is 11.9 Å². The van der Waals surface area contributed by atoms with E-state index in [1.54, 1.807) is 6.08 Å². The van der Waals surface area contributed by atoms with Gasteiger partial charge in [0.05, 0.1) is 0 Å². The summed E-state index contributed by atoms with van der Waals surface area (Å²) in [7, 11) is 0. The summed E-state index contributed by atoms with van der Waals surface area (Å²) >= 11 is 5.19. The van der Waals surface area contributed by atoms with Crippen molar-refractivity contribution in [2.24, 2.45) is 0 Å². The maximum atomic E-state index is 10.6. The van der Waals surface area contributed by atoms with Crippen molar-refractivity contribution in [3.8, 4) is 0 Å². The van der Waals surface area contributed by atoms with Crippen LogP contribution in [0.4, 0.5) is 0 Å². The average Bonchev–Trinajstić information content (AvgIpc) is 1.86. The standard InChI is InChI=1S/C7H9ClO3/c1-6(9)11-7(10)4-2-3-5-8/h3,5H,2,4H2,1H3. The summed E-state index contributed by atoms with van der Waals surface area (Å²) in [6.45, 7) is 1.19. The Balaban J connectivity index is 3.45. The highest BCUT2D eigenvalue weighted by Gasteiger charge is 2.03. The molecule has 0 aromatic rings. The molecular weight excluding hydrogens is 168 g/mol. The smallest absolute Gasteiger partial charge is 0.313 e. The van der Waals surface area contributed by atoms with Crippen molar-refractivity contribution in [1.29, 1.82) is 0 Å². The van der Waals surface area contributed by atoms with Crippen molar-refractivity contribution in [2.75, 3.05) is 0 Å². The van der Waals surface area contributed by atoms with Crippen LogP contribution in [0.2, 0.25) is 0 Å². The molecule has 0 aliphatic heterocycles. The predicted octanol–water partition coefficient (Wildman–Crippen LogP) is 1.61. The molecule has 62 valence electrons. The van der Waals surface area contributed by atoms with Crippen molar-refractivity contribution in [3.05, 3.63) is 11.6 Å². The molecule has 11 heavy (non-hydrogen) atoms. The quantitative estimate of drug-likeness (QED) is 0.485. The molecule has 3 nitrogen and oxygen atoms in total. The molecule has 4 heteroatoms. The van der Waals surface area contributed by atoms with Gasteiger partial charge in [0, 0.05) is 18.9 Å².